The van der Waals surface area contributed by atoms with Crippen molar-refractivity contribution in [1.82, 2.24) is 9.88 Å². The number of nitrogens with two attached hydrogens (primary N) is 3. The number of piperidine rings is 1. The number of nitrogen functional groups attached to an aromatic ring is 2. The molecule has 7 heteroatoms. The Hall–Kier alpha value is -1.08. The predicted molar refractivity (Wildman–Crippen MR) is 107 cm³/mol. The summed E-state index contributed by atoms with van der Waals surface area (Å²) in [7, 11) is 0. The fraction of sp³-hybridized carbons (Fsp3) is 0.737. The molecule has 1 saturated heterocycles. The van der Waals surface area contributed by atoms with Gasteiger partial charge in [-0.2, -0.15) is 0 Å². The van der Waals surface area contributed by atoms with Gasteiger partial charge in [0.25, 0.3) is 0 Å². The first-order chi connectivity index (χ1) is 12.3. The van der Waals surface area contributed by atoms with Crippen LogP contribution in [0.5, 0.6) is 0 Å². The monoisotopic (exact) mass is 381 g/mol. The fourth-order valence-electron chi connectivity index (χ4n) is 4.67. The van der Waals surface area contributed by atoms with Crippen molar-refractivity contribution in [1.29, 1.82) is 0 Å². The number of rotatable bonds is 4. The van der Waals surface area contributed by atoms with Gasteiger partial charge in [-0.3, -0.25) is 4.90 Å². The molecule has 1 aliphatic carbocycles. The van der Waals surface area contributed by atoms with E-state index in [1.54, 1.807) is 0 Å². The number of hydrogen-bond acceptors (Lipinski definition) is 6. The van der Waals surface area contributed by atoms with E-state index >= 15 is 0 Å². The predicted octanol–water partition coefficient (Wildman–Crippen LogP) is 3.10. The lowest BCUT2D eigenvalue weighted by Crippen LogP contribution is -2.55. The number of hydrogen-bond donors (Lipinski definition) is 3. The molecular weight excluding hydrogens is 350 g/mol. The van der Waals surface area contributed by atoms with Gasteiger partial charge < -0.3 is 21.9 Å². The van der Waals surface area contributed by atoms with Crippen molar-refractivity contribution < 1.29 is 4.74 Å². The molecule has 2 atom stereocenters. The zero-order chi connectivity index (χ0) is 18.9. The standard InChI is InChI=1S/C19H32ClN5O/c1-3-26-13-4-7-19(2,8-5-13)25-9-6-12(21)10-15(25)14-11-16(20)24-18(23)17(14)22/h11-13,15H,3-10,21-22H2,1-2H3,(H2,23,24). The molecule has 26 heavy (non-hydrogen) atoms. The van der Waals surface area contributed by atoms with Crippen LogP contribution in [0, 0.1) is 0 Å². The van der Waals surface area contributed by atoms with Gasteiger partial charge in [0.1, 0.15) is 11.0 Å². The van der Waals surface area contributed by atoms with E-state index in [0.717, 1.165) is 57.2 Å². The number of nitrogens with zero attached hydrogens (tertiary/aromatic N) is 2. The van der Waals surface area contributed by atoms with Crippen molar-refractivity contribution >= 4 is 23.1 Å². The van der Waals surface area contributed by atoms with Crippen LogP contribution in [0.15, 0.2) is 6.07 Å². The molecule has 0 spiro atoms. The van der Waals surface area contributed by atoms with Gasteiger partial charge in [-0.1, -0.05) is 11.6 Å². The van der Waals surface area contributed by atoms with Crippen LogP contribution in [0.3, 0.4) is 0 Å². The van der Waals surface area contributed by atoms with Crippen molar-refractivity contribution in [3.8, 4) is 0 Å². The minimum atomic E-state index is 0.107. The normalized spacial score (nSPS) is 33.3. The average Bonchev–Trinajstić information content (AvgIpc) is 2.60. The van der Waals surface area contributed by atoms with E-state index in [1.807, 2.05) is 6.07 Å². The molecule has 2 unspecified atom stereocenters. The van der Waals surface area contributed by atoms with E-state index in [1.165, 1.54) is 0 Å². The molecule has 2 heterocycles. The molecule has 0 radical (unpaired) electrons. The van der Waals surface area contributed by atoms with E-state index in [-0.39, 0.29) is 17.6 Å². The third-order valence-corrected chi connectivity index (χ3v) is 6.39. The number of likely N-dealkylation sites (tertiary alicyclic amines) is 1. The molecule has 1 aliphatic heterocycles. The lowest BCUT2D eigenvalue weighted by Gasteiger charge is -2.52. The highest BCUT2D eigenvalue weighted by Gasteiger charge is 2.43. The minimum absolute atomic E-state index is 0.107. The summed E-state index contributed by atoms with van der Waals surface area (Å²) in [4.78, 5) is 6.67. The summed E-state index contributed by atoms with van der Waals surface area (Å²) in [5.41, 5.74) is 20.2. The summed E-state index contributed by atoms with van der Waals surface area (Å²) in [6.07, 6.45) is 6.64. The highest BCUT2D eigenvalue weighted by atomic mass is 35.5. The SMILES string of the molecule is CCOC1CCC(C)(N2CCC(N)CC2c2cc(Cl)nc(N)c2N)CC1. The lowest BCUT2D eigenvalue weighted by molar-refractivity contribution is -0.0458. The van der Waals surface area contributed by atoms with Crippen molar-refractivity contribution in [2.75, 3.05) is 24.6 Å². The Labute approximate surface area is 161 Å². The van der Waals surface area contributed by atoms with Crippen LogP contribution in [0.2, 0.25) is 5.15 Å². The highest BCUT2D eigenvalue weighted by molar-refractivity contribution is 6.29. The van der Waals surface area contributed by atoms with Gasteiger partial charge in [-0.25, -0.2) is 4.98 Å². The number of ether oxygens (including phenoxy) is 1. The van der Waals surface area contributed by atoms with Crippen LogP contribution in [-0.4, -0.2) is 40.7 Å². The van der Waals surface area contributed by atoms with Crippen LogP contribution < -0.4 is 17.2 Å². The lowest BCUT2D eigenvalue weighted by atomic mass is 9.77. The molecule has 6 nitrogen and oxygen atoms in total. The number of aromatic nitrogens is 1. The Kier molecular flexibility index (Phi) is 5.97. The second-order valence-corrected chi connectivity index (χ2v) is 8.37. The summed E-state index contributed by atoms with van der Waals surface area (Å²) >= 11 is 6.19. The maximum atomic E-state index is 6.32. The topological polar surface area (TPSA) is 103 Å². The van der Waals surface area contributed by atoms with E-state index in [0.29, 0.717) is 22.8 Å². The van der Waals surface area contributed by atoms with E-state index in [4.69, 9.17) is 33.5 Å². The van der Waals surface area contributed by atoms with Crippen LogP contribution in [-0.2, 0) is 4.74 Å². The van der Waals surface area contributed by atoms with Gasteiger partial charge in [0, 0.05) is 30.8 Å². The zero-order valence-electron chi connectivity index (χ0n) is 15.9. The van der Waals surface area contributed by atoms with Crippen LogP contribution >= 0.6 is 11.6 Å². The molecule has 1 aromatic rings. The van der Waals surface area contributed by atoms with Crippen LogP contribution in [0.1, 0.15) is 64.0 Å². The largest absolute Gasteiger partial charge is 0.395 e. The second-order valence-electron chi connectivity index (χ2n) is 7.98. The number of pyridine rings is 1. The molecule has 0 bridgehead atoms. The van der Waals surface area contributed by atoms with Gasteiger partial charge in [0.2, 0.25) is 0 Å². The van der Waals surface area contributed by atoms with Gasteiger partial charge in [0.05, 0.1) is 11.8 Å². The number of halogens is 1. The first-order valence-corrected chi connectivity index (χ1v) is 10.1. The smallest absolute Gasteiger partial charge is 0.148 e. The average molecular weight is 382 g/mol. The summed E-state index contributed by atoms with van der Waals surface area (Å²) < 4.78 is 5.84. The van der Waals surface area contributed by atoms with Crippen LogP contribution in [0.25, 0.3) is 0 Å². The minimum Gasteiger partial charge on any atom is -0.395 e. The third kappa shape index (κ3) is 3.93. The molecule has 6 N–H and O–H groups in total. The van der Waals surface area contributed by atoms with Crippen molar-refractivity contribution in [2.24, 2.45) is 5.73 Å². The first kappa shape index (κ1) is 19.7. The van der Waals surface area contributed by atoms with Gasteiger partial charge in [-0.05, 0) is 64.0 Å². The van der Waals surface area contributed by atoms with Crippen molar-refractivity contribution in [3.05, 3.63) is 16.8 Å². The fourth-order valence-corrected chi connectivity index (χ4v) is 4.88. The number of anilines is 2. The Morgan fingerprint density at radius 3 is 2.65 bits per heavy atom. The zero-order valence-corrected chi connectivity index (χ0v) is 16.6. The Bertz CT molecular complexity index is 633. The molecule has 0 amide bonds. The summed E-state index contributed by atoms with van der Waals surface area (Å²) in [6.45, 7) is 6.17. The second kappa shape index (κ2) is 7.89. The molecular formula is C19H32ClN5O. The summed E-state index contributed by atoms with van der Waals surface area (Å²) in [6, 6.07) is 2.14. The summed E-state index contributed by atoms with van der Waals surface area (Å²) in [5, 5.41) is 0.385. The Morgan fingerprint density at radius 2 is 2.00 bits per heavy atom. The van der Waals surface area contributed by atoms with Gasteiger partial charge in [0.15, 0.2) is 0 Å². The highest BCUT2D eigenvalue weighted by Crippen LogP contribution is 2.45. The molecule has 3 rings (SSSR count). The van der Waals surface area contributed by atoms with Crippen molar-refractivity contribution in [3.63, 3.8) is 0 Å². The van der Waals surface area contributed by atoms with Gasteiger partial charge >= 0.3 is 0 Å². The van der Waals surface area contributed by atoms with Crippen LogP contribution in [0.4, 0.5) is 11.5 Å². The molecule has 2 aliphatic rings. The first-order valence-electron chi connectivity index (χ1n) is 9.69. The molecule has 1 saturated carbocycles. The maximum absolute atomic E-state index is 6.32. The van der Waals surface area contributed by atoms with E-state index < -0.39 is 0 Å². The summed E-state index contributed by atoms with van der Waals surface area (Å²) in [5.74, 6) is 0.303. The molecule has 0 aromatic carbocycles. The van der Waals surface area contributed by atoms with Gasteiger partial charge in [-0.15, -0.1) is 0 Å². The van der Waals surface area contributed by atoms with E-state index in [9.17, 15) is 0 Å². The Morgan fingerprint density at radius 1 is 1.31 bits per heavy atom. The molecule has 146 valence electrons. The maximum Gasteiger partial charge on any atom is 0.148 e. The molecule has 2 fully saturated rings. The van der Waals surface area contributed by atoms with E-state index in [2.05, 4.69) is 23.7 Å². The quantitative estimate of drug-likeness (QED) is 0.692. The third-order valence-electron chi connectivity index (χ3n) is 6.20. The molecule has 1 aromatic heterocycles. The van der Waals surface area contributed by atoms with Crippen molar-refractivity contribution in [2.45, 2.75) is 76.1 Å². The Balaban J connectivity index is 1.88.